The van der Waals surface area contributed by atoms with Gasteiger partial charge in [-0.3, -0.25) is 4.79 Å². The lowest BCUT2D eigenvalue weighted by Gasteiger charge is -2.10. The highest BCUT2D eigenvalue weighted by molar-refractivity contribution is 7.21. The van der Waals surface area contributed by atoms with Crippen LogP contribution in [0.4, 0.5) is 5.69 Å². The van der Waals surface area contributed by atoms with Gasteiger partial charge in [0.15, 0.2) is 0 Å². The van der Waals surface area contributed by atoms with E-state index in [4.69, 9.17) is 9.47 Å². The number of hydrogen-bond donors (Lipinski definition) is 1. The summed E-state index contributed by atoms with van der Waals surface area (Å²) in [6.07, 6.45) is 0. The van der Waals surface area contributed by atoms with E-state index in [0.717, 1.165) is 20.8 Å². The van der Waals surface area contributed by atoms with Gasteiger partial charge in [0, 0.05) is 22.9 Å². The molecular weight excluding hydrogens is 372 g/mol. The summed E-state index contributed by atoms with van der Waals surface area (Å²) < 4.78 is 11.6. The number of carbonyl (C=O) groups is 1. The van der Waals surface area contributed by atoms with Gasteiger partial charge in [0.1, 0.15) is 16.5 Å². The number of nitrogens with zero attached hydrogens (tertiary/aromatic N) is 1. The number of fused-ring (bicyclic) bond motifs is 1. The van der Waals surface area contributed by atoms with Gasteiger partial charge < -0.3 is 14.8 Å². The third-order valence-corrected chi connectivity index (χ3v) is 5.36. The minimum Gasteiger partial charge on any atom is -0.497 e. The molecule has 0 bridgehead atoms. The molecule has 6 heteroatoms. The molecule has 5 nitrogen and oxygen atoms in total. The molecule has 140 valence electrons. The number of benzene rings is 3. The maximum Gasteiger partial charge on any atom is 0.255 e. The molecule has 1 aromatic heterocycles. The Balaban J connectivity index is 1.60. The van der Waals surface area contributed by atoms with Gasteiger partial charge in [0.05, 0.1) is 24.4 Å². The Bertz CT molecular complexity index is 1100. The van der Waals surface area contributed by atoms with Crippen molar-refractivity contribution in [3.8, 4) is 22.1 Å². The topological polar surface area (TPSA) is 60.5 Å². The smallest absolute Gasteiger partial charge is 0.255 e. The molecule has 0 spiro atoms. The van der Waals surface area contributed by atoms with Crippen molar-refractivity contribution in [1.82, 2.24) is 4.98 Å². The molecule has 0 aliphatic rings. The predicted molar refractivity (Wildman–Crippen MR) is 113 cm³/mol. The quantitative estimate of drug-likeness (QED) is 0.507. The number of ether oxygens (including phenoxy) is 2. The van der Waals surface area contributed by atoms with Crippen LogP contribution in [0.3, 0.4) is 0 Å². The average molecular weight is 390 g/mol. The lowest BCUT2D eigenvalue weighted by Crippen LogP contribution is -2.12. The van der Waals surface area contributed by atoms with Crippen LogP contribution >= 0.6 is 11.3 Å². The van der Waals surface area contributed by atoms with Crippen molar-refractivity contribution in [3.63, 3.8) is 0 Å². The monoisotopic (exact) mass is 390 g/mol. The summed E-state index contributed by atoms with van der Waals surface area (Å²) in [5.41, 5.74) is 3.09. The molecular formula is C22H18N2O3S. The van der Waals surface area contributed by atoms with Crippen molar-refractivity contribution < 1.29 is 14.3 Å². The van der Waals surface area contributed by atoms with Crippen LogP contribution in [0.15, 0.2) is 66.7 Å². The first kappa shape index (κ1) is 18.0. The van der Waals surface area contributed by atoms with E-state index in [0.29, 0.717) is 22.7 Å². The number of anilines is 1. The van der Waals surface area contributed by atoms with Crippen LogP contribution in [-0.2, 0) is 0 Å². The number of amides is 1. The van der Waals surface area contributed by atoms with Gasteiger partial charge in [-0.1, -0.05) is 24.3 Å². The van der Waals surface area contributed by atoms with Crippen LogP contribution in [0, 0.1) is 0 Å². The zero-order valence-corrected chi connectivity index (χ0v) is 16.2. The van der Waals surface area contributed by atoms with Gasteiger partial charge in [-0.15, -0.1) is 11.3 Å². The largest absolute Gasteiger partial charge is 0.497 e. The molecule has 4 aromatic rings. The summed E-state index contributed by atoms with van der Waals surface area (Å²) in [6.45, 7) is 0. The summed E-state index contributed by atoms with van der Waals surface area (Å²) in [5, 5.41) is 3.85. The minimum absolute atomic E-state index is 0.237. The second kappa shape index (κ2) is 7.70. The summed E-state index contributed by atoms with van der Waals surface area (Å²) in [4.78, 5) is 17.4. The number of carbonyl (C=O) groups excluding carboxylic acids is 1. The molecule has 0 unspecified atom stereocenters. The molecule has 0 saturated carbocycles. The van der Waals surface area contributed by atoms with Gasteiger partial charge in [0.25, 0.3) is 5.91 Å². The van der Waals surface area contributed by atoms with Gasteiger partial charge >= 0.3 is 0 Å². The van der Waals surface area contributed by atoms with Gasteiger partial charge in [-0.25, -0.2) is 4.98 Å². The first-order valence-electron chi connectivity index (χ1n) is 8.67. The molecule has 1 N–H and O–H groups in total. The van der Waals surface area contributed by atoms with Gasteiger partial charge in [-0.2, -0.15) is 0 Å². The van der Waals surface area contributed by atoms with Crippen LogP contribution in [0.2, 0.25) is 0 Å². The second-order valence-electron chi connectivity index (χ2n) is 6.12. The van der Waals surface area contributed by atoms with Crippen LogP contribution in [-0.4, -0.2) is 25.1 Å². The van der Waals surface area contributed by atoms with Crippen molar-refractivity contribution >= 4 is 33.1 Å². The highest BCUT2D eigenvalue weighted by Crippen LogP contribution is 2.31. The molecule has 0 saturated heterocycles. The molecule has 28 heavy (non-hydrogen) atoms. The fourth-order valence-corrected chi connectivity index (χ4v) is 3.83. The molecule has 0 atom stereocenters. The van der Waals surface area contributed by atoms with Crippen molar-refractivity contribution in [2.45, 2.75) is 0 Å². The molecule has 0 aliphatic heterocycles. The summed E-state index contributed by atoms with van der Waals surface area (Å²) in [6, 6.07) is 20.8. The summed E-state index contributed by atoms with van der Waals surface area (Å²) >= 11 is 1.63. The van der Waals surface area contributed by atoms with E-state index in [1.165, 1.54) is 0 Å². The Morgan fingerprint density at radius 2 is 1.68 bits per heavy atom. The number of hydrogen-bond acceptors (Lipinski definition) is 5. The SMILES string of the molecule is COc1cc(OC)cc(C(=O)Nc2cccc(-c3nc4ccccc4s3)c2)c1. The predicted octanol–water partition coefficient (Wildman–Crippen LogP) is 5.23. The highest BCUT2D eigenvalue weighted by atomic mass is 32.1. The van der Waals surface area contributed by atoms with Crippen molar-refractivity contribution in [2.24, 2.45) is 0 Å². The Hall–Kier alpha value is -3.38. The number of thiazole rings is 1. The average Bonchev–Trinajstić information content (AvgIpc) is 3.18. The van der Waals surface area contributed by atoms with E-state index in [-0.39, 0.29) is 5.91 Å². The molecule has 1 heterocycles. The molecule has 0 radical (unpaired) electrons. The molecule has 0 fully saturated rings. The Morgan fingerprint density at radius 1 is 0.929 bits per heavy atom. The van der Waals surface area contributed by atoms with E-state index < -0.39 is 0 Å². The van der Waals surface area contributed by atoms with Gasteiger partial charge in [0.2, 0.25) is 0 Å². The Kier molecular flexibility index (Phi) is 4.95. The summed E-state index contributed by atoms with van der Waals surface area (Å²) in [5.74, 6) is 0.888. The molecule has 1 amide bonds. The maximum atomic E-state index is 12.7. The normalized spacial score (nSPS) is 10.6. The number of para-hydroxylation sites is 1. The number of methoxy groups -OCH3 is 2. The Morgan fingerprint density at radius 3 is 2.39 bits per heavy atom. The molecule has 0 aliphatic carbocycles. The maximum absolute atomic E-state index is 12.7. The fourth-order valence-electron chi connectivity index (χ4n) is 2.87. The van der Waals surface area contributed by atoms with Crippen LogP contribution in [0.1, 0.15) is 10.4 Å². The number of aromatic nitrogens is 1. The lowest BCUT2D eigenvalue weighted by molar-refractivity contribution is 0.102. The van der Waals surface area contributed by atoms with E-state index in [2.05, 4.69) is 16.4 Å². The molecule has 4 rings (SSSR count). The number of nitrogens with one attached hydrogen (secondary N) is 1. The third-order valence-electron chi connectivity index (χ3n) is 4.27. The van der Waals surface area contributed by atoms with E-state index in [1.54, 1.807) is 43.8 Å². The minimum atomic E-state index is -0.237. The van der Waals surface area contributed by atoms with Crippen LogP contribution in [0.5, 0.6) is 11.5 Å². The van der Waals surface area contributed by atoms with Crippen molar-refractivity contribution in [1.29, 1.82) is 0 Å². The Labute approximate surface area is 166 Å². The van der Waals surface area contributed by atoms with Crippen LogP contribution in [0.25, 0.3) is 20.8 Å². The number of rotatable bonds is 5. The standard InChI is InChI=1S/C22H18N2O3S/c1-26-17-11-15(12-18(13-17)27-2)21(25)23-16-7-5-6-14(10-16)22-24-19-8-3-4-9-20(19)28-22/h3-13H,1-2H3,(H,23,25). The zero-order valence-electron chi connectivity index (χ0n) is 15.4. The highest BCUT2D eigenvalue weighted by Gasteiger charge is 2.12. The van der Waals surface area contributed by atoms with Crippen molar-refractivity contribution in [2.75, 3.05) is 19.5 Å². The van der Waals surface area contributed by atoms with Crippen molar-refractivity contribution in [3.05, 3.63) is 72.3 Å². The fraction of sp³-hybridized carbons (Fsp3) is 0.0909. The zero-order chi connectivity index (χ0) is 19.5. The van der Waals surface area contributed by atoms with Gasteiger partial charge in [-0.05, 0) is 36.4 Å². The first-order chi connectivity index (χ1) is 13.7. The van der Waals surface area contributed by atoms with Crippen LogP contribution < -0.4 is 14.8 Å². The third kappa shape index (κ3) is 3.68. The van der Waals surface area contributed by atoms with E-state index >= 15 is 0 Å². The second-order valence-corrected chi connectivity index (χ2v) is 7.15. The summed E-state index contributed by atoms with van der Waals surface area (Å²) in [7, 11) is 3.11. The van der Waals surface area contributed by atoms with E-state index in [1.807, 2.05) is 42.5 Å². The van der Waals surface area contributed by atoms with E-state index in [9.17, 15) is 4.79 Å². The lowest BCUT2D eigenvalue weighted by atomic mass is 10.1. The first-order valence-corrected chi connectivity index (χ1v) is 9.48. The molecule has 3 aromatic carbocycles.